The number of hydrogen-bond acceptors (Lipinski definition) is 6. The number of imide groups is 1. The Morgan fingerprint density at radius 2 is 2.00 bits per heavy atom. The monoisotopic (exact) mass is 352 g/mol. The van der Waals surface area contributed by atoms with Gasteiger partial charge < -0.3 is 9.15 Å². The molecule has 1 N–H and O–H groups in total. The highest BCUT2D eigenvalue weighted by atomic mass is 32.2. The molecule has 3 heterocycles. The van der Waals surface area contributed by atoms with Gasteiger partial charge in [0, 0.05) is 29.3 Å². The summed E-state index contributed by atoms with van der Waals surface area (Å²) in [5.41, 5.74) is 2.37. The van der Waals surface area contributed by atoms with Gasteiger partial charge in [-0.2, -0.15) is 0 Å². The third-order valence-electron chi connectivity index (χ3n) is 3.72. The Morgan fingerprint density at radius 1 is 1.20 bits per heavy atom. The highest BCUT2D eigenvalue weighted by molar-refractivity contribution is 8.18. The van der Waals surface area contributed by atoms with Crippen molar-refractivity contribution in [2.75, 3.05) is 7.11 Å². The minimum atomic E-state index is -0.410. The summed E-state index contributed by atoms with van der Waals surface area (Å²) in [7, 11) is 1.62. The van der Waals surface area contributed by atoms with Crippen LogP contribution >= 0.6 is 11.8 Å². The molecule has 1 fully saturated rings. The number of pyridine rings is 1. The molecule has 124 valence electrons. The number of amides is 2. The maximum Gasteiger partial charge on any atom is 0.290 e. The van der Waals surface area contributed by atoms with Gasteiger partial charge in [0.25, 0.3) is 11.1 Å². The normalized spacial score (nSPS) is 15.8. The third-order valence-corrected chi connectivity index (χ3v) is 4.53. The van der Waals surface area contributed by atoms with E-state index in [2.05, 4.69) is 10.3 Å². The van der Waals surface area contributed by atoms with E-state index in [1.807, 2.05) is 30.3 Å². The van der Waals surface area contributed by atoms with Crippen LogP contribution in [0.1, 0.15) is 5.76 Å². The lowest BCUT2D eigenvalue weighted by molar-refractivity contribution is -0.115. The average molecular weight is 352 g/mol. The van der Waals surface area contributed by atoms with Gasteiger partial charge in [0.05, 0.1) is 17.7 Å². The number of carbonyl (C=O) groups is 2. The van der Waals surface area contributed by atoms with Crippen LogP contribution < -0.4 is 10.1 Å². The Bertz CT molecular complexity index is 1020. The van der Waals surface area contributed by atoms with Gasteiger partial charge in [0.1, 0.15) is 17.1 Å². The number of carbonyl (C=O) groups excluding carboxylic acids is 2. The van der Waals surface area contributed by atoms with Crippen molar-refractivity contribution in [3.8, 4) is 17.0 Å². The van der Waals surface area contributed by atoms with E-state index in [1.165, 1.54) is 0 Å². The maximum atomic E-state index is 11.6. The van der Waals surface area contributed by atoms with Crippen LogP contribution in [0.2, 0.25) is 0 Å². The summed E-state index contributed by atoms with van der Waals surface area (Å²) in [6.45, 7) is 0. The first-order valence-electron chi connectivity index (χ1n) is 7.41. The van der Waals surface area contributed by atoms with Crippen molar-refractivity contribution in [1.82, 2.24) is 10.3 Å². The molecule has 2 amide bonds. The molecule has 1 saturated heterocycles. The number of nitrogens with zero attached hydrogens (tertiary/aromatic N) is 1. The van der Waals surface area contributed by atoms with E-state index in [1.54, 1.807) is 25.4 Å². The molecule has 0 spiro atoms. The summed E-state index contributed by atoms with van der Waals surface area (Å²) >= 11 is 0.856. The van der Waals surface area contributed by atoms with Gasteiger partial charge in [-0.05, 0) is 42.1 Å². The molecular formula is C18H12N2O4S. The van der Waals surface area contributed by atoms with Crippen molar-refractivity contribution in [1.29, 1.82) is 0 Å². The quantitative estimate of drug-likeness (QED) is 0.722. The van der Waals surface area contributed by atoms with E-state index < -0.39 is 5.91 Å². The highest BCUT2D eigenvalue weighted by Crippen LogP contribution is 2.29. The Morgan fingerprint density at radius 3 is 2.68 bits per heavy atom. The fourth-order valence-corrected chi connectivity index (χ4v) is 3.16. The van der Waals surface area contributed by atoms with Crippen molar-refractivity contribution in [2.24, 2.45) is 0 Å². The number of hydrogen-bond donors (Lipinski definition) is 1. The van der Waals surface area contributed by atoms with Crippen LogP contribution in [0.5, 0.6) is 5.75 Å². The van der Waals surface area contributed by atoms with Crippen LogP contribution in [0.3, 0.4) is 0 Å². The van der Waals surface area contributed by atoms with Gasteiger partial charge in [-0.25, -0.2) is 0 Å². The van der Waals surface area contributed by atoms with Gasteiger partial charge in [0.2, 0.25) is 0 Å². The van der Waals surface area contributed by atoms with E-state index in [4.69, 9.17) is 9.15 Å². The molecule has 6 nitrogen and oxygen atoms in total. The van der Waals surface area contributed by atoms with Crippen molar-refractivity contribution in [3.05, 3.63) is 53.3 Å². The number of rotatable bonds is 3. The number of ether oxygens (including phenoxy) is 1. The summed E-state index contributed by atoms with van der Waals surface area (Å²) in [4.78, 5) is 27.6. The smallest absolute Gasteiger partial charge is 0.290 e. The van der Waals surface area contributed by atoms with E-state index >= 15 is 0 Å². The first kappa shape index (κ1) is 15.5. The predicted molar refractivity (Wildman–Crippen MR) is 95.1 cm³/mol. The van der Waals surface area contributed by atoms with Gasteiger partial charge in [-0.3, -0.25) is 19.9 Å². The summed E-state index contributed by atoms with van der Waals surface area (Å²) in [6, 6.07) is 11.2. The maximum absolute atomic E-state index is 11.6. The van der Waals surface area contributed by atoms with Gasteiger partial charge >= 0.3 is 0 Å². The third kappa shape index (κ3) is 3.01. The van der Waals surface area contributed by atoms with E-state index in [-0.39, 0.29) is 5.24 Å². The molecule has 1 aliphatic rings. The average Bonchev–Trinajstić information content (AvgIpc) is 3.16. The minimum Gasteiger partial charge on any atom is -0.497 e. The zero-order valence-electron chi connectivity index (χ0n) is 13.1. The molecule has 0 atom stereocenters. The summed E-state index contributed by atoms with van der Waals surface area (Å²) < 4.78 is 10.9. The second kappa shape index (κ2) is 6.10. The van der Waals surface area contributed by atoms with Crippen LogP contribution in [0.25, 0.3) is 28.3 Å². The summed E-state index contributed by atoms with van der Waals surface area (Å²) in [6.07, 6.45) is 3.27. The van der Waals surface area contributed by atoms with Gasteiger partial charge in [0.15, 0.2) is 0 Å². The zero-order valence-corrected chi connectivity index (χ0v) is 13.9. The lowest BCUT2D eigenvalue weighted by Gasteiger charge is -2.02. The number of methoxy groups -OCH3 is 1. The zero-order chi connectivity index (χ0) is 17.4. The molecule has 25 heavy (non-hydrogen) atoms. The molecular weight excluding hydrogens is 340 g/mol. The number of aromatic nitrogens is 1. The SMILES string of the molecule is COc1ccc(-c2cc3oc(C=C4SC(=O)NC4=O)cc3cn2)cc1. The first-order valence-corrected chi connectivity index (χ1v) is 8.23. The number of fused-ring (bicyclic) bond motifs is 1. The number of thioether (sulfide) groups is 1. The van der Waals surface area contributed by atoms with E-state index in [9.17, 15) is 9.59 Å². The Hall–Kier alpha value is -3.06. The highest BCUT2D eigenvalue weighted by Gasteiger charge is 2.25. The fourth-order valence-electron chi connectivity index (χ4n) is 2.49. The minimum absolute atomic E-state index is 0.312. The second-order valence-electron chi connectivity index (χ2n) is 5.34. The topological polar surface area (TPSA) is 81.4 Å². The van der Waals surface area contributed by atoms with Gasteiger partial charge in [-0.15, -0.1) is 0 Å². The molecule has 0 unspecified atom stereocenters. The Balaban J connectivity index is 1.68. The van der Waals surface area contributed by atoms with Crippen molar-refractivity contribution < 1.29 is 18.7 Å². The van der Waals surface area contributed by atoms with E-state index in [0.29, 0.717) is 16.2 Å². The molecule has 1 aromatic carbocycles. The molecule has 2 aromatic heterocycles. The lowest BCUT2D eigenvalue weighted by atomic mass is 10.1. The van der Waals surface area contributed by atoms with Crippen molar-refractivity contribution >= 4 is 40.0 Å². The summed E-state index contributed by atoms with van der Waals surface area (Å²) in [5.74, 6) is 0.863. The number of benzene rings is 1. The van der Waals surface area contributed by atoms with Crippen LogP contribution in [-0.4, -0.2) is 23.2 Å². The van der Waals surface area contributed by atoms with Crippen molar-refractivity contribution in [2.45, 2.75) is 0 Å². The molecule has 3 aromatic rings. The van der Waals surface area contributed by atoms with Crippen molar-refractivity contribution in [3.63, 3.8) is 0 Å². The largest absolute Gasteiger partial charge is 0.497 e. The van der Waals surface area contributed by atoms with Gasteiger partial charge in [-0.1, -0.05) is 0 Å². The molecule has 0 aliphatic carbocycles. The van der Waals surface area contributed by atoms with Crippen LogP contribution in [0.4, 0.5) is 4.79 Å². The lowest BCUT2D eigenvalue weighted by Crippen LogP contribution is -2.17. The molecule has 0 bridgehead atoms. The number of nitrogens with one attached hydrogen (secondary N) is 1. The Labute approximate surface area is 146 Å². The Kier molecular flexibility index (Phi) is 3.77. The second-order valence-corrected chi connectivity index (χ2v) is 6.35. The standard InChI is InChI=1S/C18H12N2O4S/c1-23-12-4-2-10(3-5-12)14-8-15-11(9-19-14)6-13(24-15)7-16-17(21)20-18(22)25-16/h2-9H,1H3,(H,20,21,22). The van der Waals surface area contributed by atoms with Crippen LogP contribution in [-0.2, 0) is 4.79 Å². The fraction of sp³-hybridized carbons (Fsp3) is 0.0556. The summed E-state index contributed by atoms with van der Waals surface area (Å²) in [5, 5.41) is 2.65. The predicted octanol–water partition coefficient (Wildman–Crippen LogP) is 3.83. The molecule has 0 radical (unpaired) electrons. The molecule has 4 rings (SSSR count). The number of furan rings is 1. The van der Waals surface area contributed by atoms with E-state index in [0.717, 1.165) is 34.2 Å². The first-order chi connectivity index (χ1) is 12.1. The molecule has 7 heteroatoms. The molecule has 1 aliphatic heterocycles. The van der Waals surface area contributed by atoms with Crippen LogP contribution in [0, 0.1) is 0 Å². The molecule has 0 saturated carbocycles. The van der Waals surface area contributed by atoms with Crippen LogP contribution in [0.15, 0.2) is 51.9 Å².